The molecule has 0 saturated carbocycles. The Morgan fingerprint density at radius 2 is 1.96 bits per heavy atom. The lowest BCUT2D eigenvalue weighted by Gasteiger charge is -2.28. The lowest BCUT2D eigenvalue weighted by molar-refractivity contribution is 0.190. The summed E-state index contributed by atoms with van der Waals surface area (Å²) in [6, 6.07) is 12.4. The van der Waals surface area contributed by atoms with Crippen LogP contribution in [0.25, 0.3) is 0 Å². The molecule has 4 nitrogen and oxygen atoms in total. The summed E-state index contributed by atoms with van der Waals surface area (Å²) in [5, 5.41) is 3.02. The maximum atomic E-state index is 12.6. The van der Waals surface area contributed by atoms with Gasteiger partial charge in [0.15, 0.2) is 0 Å². The predicted octanol–water partition coefficient (Wildman–Crippen LogP) is 4.34. The van der Waals surface area contributed by atoms with Crippen LogP contribution >= 0.6 is 0 Å². The van der Waals surface area contributed by atoms with Gasteiger partial charge in [0, 0.05) is 30.5 Å². The number of nitrogens with one attached hydrogen (secondary N) is 1. The van der Waals surface area contributed by atoms with Crippen LogP contribution in [-0.4, -0.2) is 27.6 Å². The first kappa shape index (κ1) is 18.8. The molecule has 25 heavy (non-hydrogen) atoms. The van der Waals surface area contributed by atoms with Gasteiger partial charge in [0.25, 0.3) is 0 Å². The fourth-order valence-corrected chi connectivity index (χ4v) is 2.69. The minimum atomic E-state index is -0.264. The molecule has 0 spiro atoms. The summed E-state index contributed by atoms with van der Waals surface area (Å²) in [5.41, 5.74) is 3.40. The standard InChI is InChI=1S/C21H29N3O/c1-6-13-24(20(25)22-21(3,4)5)16-19-12-9-14-23(19)15-18-11-8-7-10-17(18)2/h6-12,14H,1,13,15-16H2,2-5H3,(H,22,25). The van der Waals surface area contributed by atoms with E-state index in [1.807, 2.05) is 26.8 Å². The minimum absolute atomic E-state index is 0.0731. The number of benzene rings is 1. The van der Waals surface area contributed by atoms with Gasteiger partial charge in [-0.3, -0.25) is 0 Å². The van der Waals surface area contributed by atoms with Crippen LogP contribution in [-0.2, 0) is 13.1 Å². The number of hydrogen-bond acceptors (Lipinski definition) is 1. The number of carbonyl (C=O) groups excluding carboxylic acids is 1. The molecular formula is C21H29N3O. The molecular weight excluding hydrogens is 310 g/mol. The Morgan fingerprint density at radius 1 is 1.24 bits per heavy atom. The molecule has 0 radical (unpaired) electrons. The van der Waals surface area contributed by atoms with Crippen molar-refractivity contribution >= 4 is 6.03 Å². The highest BCUT2D eigenvalue weighted by atomic mass is 16.2. The number of hydrogen-bond donors (Lipinski definition) is 1. The van der Waals surface area contributed by atoms with Crippen molar-refractivity contribution in [3.8, 4) is 0 Å². The number of aryl methyl sites for hydroxylation is 1. The molecule has 0 unspecified atom stereocenters. The Balaban J connectivity index is 2.15. The van der Waals surface area contributed by atoms with Gasteiger partial charge in [-0.15, -0.1) is 6.58 Å². The van der Waals surface area contributed by atoms with E-state index in [-0.39, 0.29) is 11.6 Å². The van der Waals surface area contributed by atoms with Crippen LogP contribution in [0.3, 0.4) is 0 Å². The Morgan fingerprint density at radius 3 is 2.60 bits per heavy atom. The summed E-state index contributed by atoms with van der Waals surface area (Å²) in [6.45, 7) is 13.7. The fourth-order valence-electron chi connectivity index (χ4n) is 2.69. The summed E-state index contributed by atoms with van der Waals surface area (Å²) in [5.74, 6) is 0. The van der Waals surface area contributed by atoms with Crippen LogP contribution in [0.2, 0.25) is 0 Å². The molecule has 1 N–H and O–H groups in total. The molecule has 0 aliphatic heterocycles. The second-order valence-corrected chi connectivity index (χ2v) is 7.40. The van der Waals surface area contributed by atoms with Gasteiger partial charge in [0.1, 0.15) is 0 Å². The first-order chi connectivity index (χ1) is 11.8. The van der Waals surface area contributed by atoms with Crippen molar-refractivity contribution < 1.29 is 4.79 Å². The van der Waals surface area contributed by atoms with Crippen LogP contribution in [0, 0.1) is 6.92 Å². The van der Waals surface area contributed by atoms with Gasteiger partial charge in [0.05, 0.1) is 6.54 Å². The number of carbonyl (C=O) groups is 1. The summed E-state index contributed by atoms with van der Waals surface area (Å²) < 4.78 is 2.20. The van der Waals surface area contributed by atoms with Crippen LogP contribution in [0.1, 0.15) is 37.6 Å². The highest BCUT2D eigenvalue weighted by molar-refractivity contribution is 5.75. The summed E-state index contributed by atoms with van der Waals surface area (Å²) in [6.07, 6.45) is 3.83. The lowest BCUT2D eigenvalue weighted by atomic mass is 10.1. The van der Waals surface area contributed by atoms with Crippen LogP contribution in [0.4, 0.5) is 4.79 Å². The quantitative estimate of drug-likeness (QED) is 0.781. The van der Waals surface area contributed by atoms with Crippen LogP contribution < -0.4 is 5.32 Å². The molecule has 1 heterocycles. The first-order valence-electron chi connectivity index (χ1n) is 8.66. The van der Waals surface area contributed by atoms with Gasteiger partial charge in [-0.25, -0.2) is 4.79 Å². The van der Waals surface area contributed by atoms with E-state index in [0.29, 0.717) is 13.1 Å². The van der Waals surface area contributed by atoms with Crippen LogP contribution in [0.15, 0.2) is 55.3 Å². The van der Waals surface area contributed by atoms with Gasteiger partial charge in [-0.2, -0.15) is 0 Å². The normalized spacial score (nSPS) is 11.2. The van der Waals surface area contributed by atoms with Gasteiger partial charge in [-0.1, -0.05) is 30.3 Å². The molecule has 134 valence electrons. The predicted molar refractivity (Wildman–Crippen MR) is 104 cm³/mol. The molecule has 1 aromatic heterocycles. The third kappa shape index (κ3) is 5.52. The molecule has 0 atom stereocenters. The Hall–Kier alpha value is -2.49. The largest absolute Gasteiger partial charge is 0.345 e. The van der Waals surface area contributed by atoms with Crippen molar-refractivity contribution in [3.63, 3.8) is 0 Å². The van der Waals surface area contributed by atoms with Crippen molar-refractivity contribution in [2.24, 2.45) is 0 Å². The third-order valence-electron chi connectivity index (χ3n) is 4.00. The van der Waals surface area contributed by atoms with E-state index >= 15 is 0 Å². The molecule has 1 aromatic carbocycles. The third-order valence-corrected chi connectivity index (χ3v) is 4.00. The second-order valence-electron chi connectivity index (χ2n) is 7.40. The van der Waals surface area contributed by atoms with E-state index in [4.69, 9.17) is 0 Å². The van der Waals surface area contributed by atoms with Gasteiger partial charge < -0.3 is 14.8 Å². The molecule has 0 fully saturated rings. The molecule has 0 aliphatic rings. The molecule has 2 rings (SSSR count). The number of rotatable bonds is 6. The fraction of sp³-hybridized carbons (Fsp3) is 0.381. The molecule has 0 bridgehead atoms. The molecule has 2 aromatic rings. The Kier molecular flexibility index (Phi) is 6.07. The molecule has 0 aliphatic carbocycles. The maximum Gasteiger partial charge on any atom is 0.318 e. The number of nitrogens with zero attached hydrogens (tertiary/aromatic N) is 2. The molecule has 2 amide bonds. The molecule has 4 heteroatoms. The lowest BCUT2D eigenvalue weighted by Crippen LogP contribution is -2.48. The monoisotopic (exact) mass is 339 g/mol. The van der Waals surface area contributed by atoms with E-state index in [2.05, 4.69) is 59.9 Å². The van der Waals surface area contributed by atoms with E-state index < -0.39 is 0 Å². The average molecular weight is 339 g/mol. The number of urea groups is 1. The molecule has 0 saturated heterocycles. The van der Waals surface area contributed by atoms with E-state index in [1.54, 1.807) is 11.0 Å². The average Bonchev–Trinajstić information content (AvgIpc) is 2.94. The second kappa shape index (κ2) is 8.06. The van der Waals surface area contributed by atoms with E-state index in [0.717, 1.165) is 12.2 Å². The maximum absolute atomic E-state index is 12.6. The zero-order chi connectivity index (χ0) is 18.4. The summed E-state index contributed by atoms with van der Waals surface area (Å²) in [7, 11) is 0. The first-order valence-corrected chi connectivity index (χ1v) is 8.66. The van der Waals surface area contributed by atoms with Crippen molar-refractivity contribution in [1.29, 1.82) is 0 Å². The van der Waals surface area contributed by atoms with Gasteiger partial charge >= 0.3 is 6.03 Å². The van der Waals surface area contributed by atoms with Gasteiger partial charge in [-0.05, 0) is 51.0 Å². The van der Waals surface area contributed by atoms with E-state index in [1.165, 1.54) is 11.1 Å². The topological polar surface area (TPSA) is 37.3 Å². The van der Waals surface area contributed by atoms with Gasteiger partial charge in [0.2, 0.25) is 0 Å². The zero-order valence-electron chi connectivity index (χ0n) is 15.7. The SMILES string of the molecule is C=CCN(Cc1cccn1Cc1ccccc1C)C(=O)NC(C)(C)C. The number of aromatic nitrogens is 1. The summed E-state index contributed by atoms with van der Waals surface area (Å²) in [4.78, 5) is 14.3. The Bertz CT molecular complexity index is 725. The van der Waals surface area contributed by atoms with Crippen molar-refractivity contribution in [3.05, 3.63) is 72.1 Å². The highest BCUT2D eigenvalue weighted by Crippen LogP contribution is 2.14. The van der Waals surface area contributed by atoms with Crippen molar-refractivity contribution in [1.82, 2.24) is 14.8 Å². The van der Waals surface area contributed by atoms with Crippen LogP contribution in [0.5, 0.6) is 0 Å². The number of amides is 2. The summed E-state index contributed by atoms with van der Waals surface area (Å²) >= 11 is 0. The minimum Gasteiger partial charge on any atom is -0.345 e. The zero-order valence-corrected chi connectivity index (χ0v) is 15.7. The Labute approximate surface area is 151 Å². The highest BCUT2D eigenvalue weighted by Gasteiger charge is 2.20. The van der Waals surface area contributed by atoms with E-state index in [9.17, 15) is 4.79 Å². The van der Waals surface area contributed by atoms with Crippen molar-refractivity contribution in [2.45, 2.75) is 46.3 Å². The van der Waals surface area contributed by atoms with Crippen molar-refractivity contribution in [2.75, 3.05) is 6.54 Å². The smallest absolute Gasteiger partial charge is 0.318 e.